The van der Waals surface area contributed by atoms with Gasteiger partial charge in [-0.05, 0) is 12.1 Å². The van der Waals surface area contributed by atoms with E-state index in [1.54, 1.807) is 12.1 Å². The van der Waals surface area contributed by atoms with Crippen molar-refractivity contribution in [1.29, 1.82) is 5.26 Å². The van der Waals surface area contributed by atoms with Gasteiger partial charge in [0.1, 0.15) is 17.4 Å². The van der Waals surface area contributed by atoms with Gasteiger partial charge in [0, 0.05) is 12.5 Å². The minimum Gasteiger partial charge on any atom is -0.345 e. The Kier molecular flexibility index (Phi) is 4.06. The van der Waals surface area contributed by atoms with Gasteiger partial charge >= 0.3 is 0 Å². The highest BCUT2D eigenvalue weighted by atomic mass is 19.1. The zero-order valence-corrected chi connectivity index (χ0v) is 8.67. The highest BCUT2D eigenvalue weighted by molar-refractivity contribution is 5.73. The van der Waals surface area contributed by atoms with Crippen molar-refractivity contribution in [2.45, 2.75) is 6.92 Å². The Labute approximate surface area is 92.9 Å². The van der Waals surface area contributed by atoms with E-state index in [1.165, 1.54) is 19.1 Å². The molecule has 0 fully saturated rings. The van der Waals surface area contributed by atoms with Gasteiger partial charge in [-0.1, -0.05) is 17.9 Å². The van der Waals surface area contributed by atoms with Gasteiger partial charge in [0.2, 0.25) is 5.91 Å². The molecule has 0 saturated heterocycles. The second kappa shape index (κ2) is 5.53. The molecule has 0 aromatic heterocycles. The molecule has 0 bridgehead atoms. The maximum absolute atomic E-state index is 13.1. The molecule has 0 aliphatic heterocycles. The molecule has 1 rings (SSSR count). The van der Waals surface area contributed by atoms with E-state index in [0.717, 1.165) is 0 Å². The van der Waals surface area contributed by atoms with Crippen molar-refractivity contribution in [3.8, 4) is 17.9 Å². The molecule has 0 unspecified atom stereocenters. The van der Waals surface area contributed by atoms with Gasteiger partial charge in [0.15, 0.2) is 0 Å². The third kappa shape index (κ3) is 3.11. The first-order valence-corrected chi connectivity index (χ1v) is 4.57. The molecule has 3 nitrogen and oxygen atoms in total. The zero-order valence-electron chi connectivity index (χ0n) is 8.67. The number of hydrogen-bond acceptors (Lipinski definition) is 2. The first kappa shape index (κ1) is 11.7. The largest absolute Gasteiger partial charge is 0.345 e. The van der Waals surface area contributed by atoms with E-state index >= 15 is 0 Å². The molecule has 16 heavy (non-hydrogen) atoms. The monoisotopic (exact) mass is 216 g/mol. The predicted molar refractivity (Wildman–Crippen MR) is 56.7 cm³/mol. The molecule has 80 valence electrons. The van der Waals surface area contributed by atoms with Crippen LogP contribution in [-0.4, -0.2) is 12.5 Å². The number of nitrogens with one attached hydrogen (secondary N) is 1. The third-order valence-corrected chi connectivity index (χ3v) is 1.77. The second-order valence-electron chi connectivity index (χ2n) is 2.99. The van der Waals surface area contributed by atoms with Crippen molar-refractivity contribution in [2.75, 3.05) is 6.54 Å². The molecule has 1 N–H and O–H groups in total. The van der Waals surface area contributed by atoms with Crippen LogP contribution in [0.5, 0.6) is 0 Å². The third-order valence-electron chi connectivity index (χ3n) is 1.77. The summed E-state index contributed by atoms with van der Waals surface area (Å²) in [7, 11) is 0. The Morgan fingerprint density at radius 2 is 2.31 bits per heavy atom. The number of amides is 1. The molecule has 0 atom stereocenters. The number of nitrogens with zero attached hydrogens (tertiary/aromatic N) is 1. The van der Waals surface area contributed by atoms with Crippen LogP contribution in [0.1, 0.15) is 18.1 Å². The highest BCUT2D eigenvalue weighted by Crippen LogP contribution is 2.10. The molecule has 0 spiro atoms. The molecule has 0 aliphatic carbocycles. The first-order chi connectivity index (χ1) is 7.65. The predicted octanol–water partition coefficient (Wildman–Crippen LogP) is 1.18. The summed E-state index contributed by atoms with van der Waals surface area (Å²) >= 11 is 0. The second-order valence-corrected chi connectivity index (χ2v) is 2.99. The van der Waals surface area contributed by atoms with Crippen LogP contribution < -0.4 is 5.32 Å². The topological polar surface area (TPSA) is 52.9 Å². The van der Waals surface area contributed by atoms with Gasteiger partial charge in [-0.2, -0.15) is 5.26 Å². The summed E-state index contributed by atoms with van der Waals surface area (Å²) in [4.78, 5) is 10.5. The lowest BCUT2D eigenvalue weighted by atomic mass is 10.1. The minimum atomic E-state index is -0.589. The van der Waals surface area contributed by atoms with Crippen LogP contribution in [-0.2, 0) is 4.79 Å². The van der Waals surface area contributed by atoms with Crippen LogP contribution in [0, 0.1) is 29.0 Å². The van der Waals surface area contributed by atoms with Crippen LogP contribution >= 0.6 is 0 Å². The Morgan fingerprint density at radius 3 is 2.94 bits per heavy atom. The number of nitriles is 1. The van der Waals surface area contributed by atoms with Crippen LogP contribution in [0.15, 0.2) is 18.2 Å². The fourth-order valence-electron chi connectivity index (χ4n) is 1.05. The van der Waals surface area contributed by atoms with Crippen LogP contribution in [0.4, 0.5) is 4.39 Å². The highest BCUT2D eigenvalue weighted by Gasteiger charge is 2.04. The Bertz CT molecular complexity index is 506. The average Bonchev–Trinajstić information content (AvgIpc) is 2.24. The maximum Gasteiger partial charge on any atom is 0.217 e. The maximum atomic E-state index is 13.1. The summed E-state index contributed by atoms with van der Waals surface area (Å²) in [5, 5.41) is 11.2. The molecule has 1 amide bonds. The van der Waals surface area contributed by atoms with E-state index in [4.69, 9.17) is 5.26 Å². The molecular formula is C12H9FN2O. The van der Waals surface area contributed by atoms with Crippen molar-refractivity contribution in [1.82, 2.24) is 5.32 Å². The summed E-state index contributed by atoms with van der Waals surface area (Å²) in [5.74, 6) is 4.49. The van der Waals surface area contributed by atoms with Crippen molar-refractivity contribution >= 4 is 5.91 Å². The minimum absolute atomic E-state index is 0.0715. The summed E-state index contributed by atoms with van der Waals surface area (Å²) in [6, 6.07) is 6.00. The number of carbonyl (C=O) groups excluding carboxylic acids is 1. The lowest BCUT2D eigenvalue weighted by Gasteiger charge is -1.96. The van der Waals surface area contributed by atoms with Crippen molar-refractivity contribution in [2.24, 2.45) is 0 Å². The lowest BCUT2D eigenvalue weighted by molar-refractivity contribution is -0.118. The molecule has 0 aliphatic rings. The van der Waals surface area contributed by atoms with Crippen molar-refractivity contribution in [3.05, 3.63) is 35.1 Å². The van der Waals surface area contributed by atoms with Crippen molar-refractivity contribution < 1.29 is 9.18 Å². The van der Waals surface area contributed by atoms with Crippen LogP contribution in [0.3, 0.4) is 0 Å². The SMILES string of the molecule is CC(=O)NCC#Cc1cccc(F)c1C#N. The molecular weight excluding hydrogens is 207 g/mol. The number of rotatable bonds is 1. The first-order valence-electron chi connectivity index (χ1n) is 4.57. The summed E-state index contributed by atoms with van der Waals surface area (Å²) in [6.07, 6.45) is 0. The quantitative estimate of drug-likeness (QED) is 0.717. The van der Waals surface area contributed by atoms with E-state index in [1.807, 2.05) is 0 Å². The van der Waals surface area contributed by atoms with Gasteiger partial charge in [-0.3, -0.25) is 4.79 Å². The molecule has 1 aromatic rings. The Hall–Kier alpha value is -2.33. The molecule has 0 saturated carbocycles. The van der Waals surface area contributed by atoms with Gasteiger partial charge in [-0.15, -0.1) is 0 Å². The lowest BCUT2D eigenvalue weighted by Crippen LogP contribution is -2.19. The van der Waals surface area contributed by atoms with Crippen molar-refractivity contribution in [3.63, 3.8) is 0 Å². The fraction of sp³-hybridized carbons (Fsp3) is 0.167. The molecule has 4 heteroatoms. The number of halogens is 1. The van der Waals surface area contributed by atoms with Gasteiger partial charge in [0.25, 0.3) is 0 Å². The van der Waals surface area contributed by atoms with Gasteiger partial charge < -0.3 is 5.32 Å². The molecule has 1 aromatic carbocycles. The van der Waals surface area contributed by atoms with E-state index in [-0.39, 0.29) is 18.0 Å². The van der Waals surface area contributed by atoms with E-state index in [2.05, 4.69) is 17.2 Å². The number of carbonyl (C=O) groups is 1. The molecule has 0 radical (unpaired) electrons. The van der Waals surface area contributed by atoms with Crippen LogP contribution in [0.2, 0.25) is 0 Å². The van der Waals surface area contributed by atoms with E-state index in [0.29, 0.717) is 5.56 Å². The average molecular weight is 216 g/mol. The summed E-state index contributed by atoms with van der Waals surface area (Å²) < 4.78 is 13.1. The zero-order chi connectivity index (χ0) is 12.0. The Morgan fingerprint density at radius 1 is 1.56 bits per heavy atom. The van der Waals surface area contributed by atoms with E-state index in [9.17, 15) is 9.18 Å². The summed E-state index contributed by atoms with van der Waals surface area (Å²) in [6.45, 7) is 1.56. The standard InChI is InChI=1S/C12H9FN2O/c1-9(16)15-7-3-5-10-4-2-6-12(13)11(10)8-14/h2,4,6H,7H2,1H3,(H,15,16). The van der Waals surface area contributed by atoms with Crippen LogP contribution in [0.25, 0.3) is 0 Å². The summed E-state index contributed by atoms with van der Waals surface area (Å²) in [5.41, 5.74) is 0.255. The number of benzene rings is 1. The number of hydrogen-bond donors (Lipinski definition) is 1. The smallest absolute Gasteiger partial charge is 0.217 e. The fourth-order valence-corrected chi connectivity index (χ4v) is 1.05. The van der Waals surface area contributed by atoms with E-state index < -0.39 is 5.82 Å². The van der Waals surface area contributed by atoms with Gasteiger partial charge in [-0.25, -0.2) is 4.39 Å². The Balaban J connectivity index is 2.85. The normalized spacial score (nSPS) is 8.56. The van der Waals surface area contributed by atoms with Gasteiger partial charge in [0.05, 0.1) is 6.54 Å². The molecule has 0 heterocycles.